The molecule has 0 bridgehead atoms. The first-order chi connectivity index (χ1) is 7.66. The van der Waals surface area contributed by atoms with Gasteiger partial charge in [-0.05, 0) is 36.6 Å². The number of halogens is 3. The summed E-state index contributed by atoms with van der Waals surface area (Å²) in [7, 11) is 0. The quantitative estimate of drug-likeness (QED) is 0.740. The van der Waals surface area contributed by atoms with E-state index in [1.165, 1.54) is 6.07 Å². The van der Waals surface area contributed by atoms with Crippen molar-refractivity contribution in [3.05, 3.63) is 34.6 Å². The fourth-order valence-corrected chi connectivity index (χ4v) is 2.39. The molecule has 1 fully saturated rings. The van der Waals surface area contributed by atoms with Crippen LogP contribution in [0.2, 0.25) is 5.02 Å². The van der Waals surface area contributed by atoms with E-state index in [-0.39, 0.29) is 17.1 Å². The minimum Gasteiger partial charge on any atom is -0.381 e. The molecular weight excluding hydrogens is 250 g/mol. The average molecular weight is 263 g/mol. The second-order valence-electron chi connectivity index (χ2n) is 4.08. The Bertz CT molecular complexity index is 370. The van der Waals surface area contributed by atoms with Crippen molar-refractivity contribution in [2.75, 3.05) is 13.2 Å². The van der Waals surface area contributed by atoms with Crippen molar-refractivity contribution >= 4 is 23.2 Å². The van der Waals surface area contributed by atoms with E-state index in [2.05, 4.69) is 0 Å². The zero-order valence-electron chi connectivity index (χ0n) is 8.76. The van der Waals surface area contributed by atoms with Crippen molar-refractivity contribution < 1.29 is 9.13 Å². The Morgan fingerprint density at radius 2 is 2.25 bits per heavy atom. The maximum atomic E-state index is 13.5. The molecule has 1 aromatic carbocycles. The normalized spacial score (nSPS) is 25.7. The summed E-state index contributed by atoms with van der Waals surface area (Å²) in [6.07, 6.45) is 1.41. The van der Waals surface area contributed by atoms with Gasteiger partial charge >= 0.3 is 0 Å². The highest BCUT2D eigenvalue weighted by Gasteiger charge is 2.24. The highest BCUT2D eigenvalue weighted by atomic mass is 35.5. The zero-order valence-corrected chi connectivity index (χ0v) is 10.3. The lowest BCUT2D eigenvalue weighted by Crippen LogP contribution is -2.29. The molecule has 1 heterocycles. The second-order valence-corrected chi connectivity index (χ2v) is 5.08. The van der Waals surface area contributed by atoms with Gasteiger partial charge in [0.05, 0.1) is 6.61 Å². The van der Waals surface area contributed by atoms with Crippen LogP contribution in [0.15, 0.2) is 18.2 Å². The van der Waals surface area contributed by atoms with Gasteiger partial charge in [0.1, 0.15) is 5.82 Å². The number of alkyl halides is 1. The fraction of sp³-hybridized carbons (Fsp3) is 0.500. The number of hydrogen-bond acceptors (Lipinski definition) is 1. The SMILES string of the molecule is Fc1ccc(Cl)cc1CC1COCCC1Cl. The maximum absolute atomic E-state index is 13.5. The molecule has 2 unspecified atom stereocenters. The smallest absolute Gasteiger partial charge is 0.126 e. The first-order valence-electron chi connectivity index (χ1n) is 5.32. The second kappa shape index (κ2) is 5.35. The number of hydrogen-bond donors (Lipinski definition) is 0. The summed E-state index contributed by atoms with van der Waals surface area (Å²) < 4.78 is 18.9. The topological polar surface area (TPSA) is 9.23 Å². The number of rotatable bonds is 2. The summed E-state index contributed by atoms with van der Waals surface area (Å²) in [5.74, 6) is -0.0535. The summed E-state index contributed by atoms with van der Waals surface area (Å²) in [6, 6.07) is 4.61. The lowest BCUT2D eigenvalue weighted by Gasteiger charge is -2.27. The van der Waals surface area contributed by atoms with Crippen LogP contribution in [0.4, 0.5) is 4.39 Å². The van der Waals surface area contributed by atoms with Crippen molar-refractivity contribution in [1.29, 1.82) is 0 Å². The lowest BCUT2D eigenvalue weighted by molar-refractivity contribution is 0.0575. The molecular formula is C12H13Cl2FO. The van der Waals surface area contributed by atoms with Crippen LogP contribution in [0.3, 0.4) is 0 Å². The van der Waals surface area contributed by atoms with Gasteiger partial charge in [-0.2, -0.15) is 0 Å². The summed E-state index contributed by atoms with van der Waals surface area (Å²) >= 11 is 12.0. The van der Waals surface area contributed by atoms with Gasteiger partial charge in [0.25, 0.3) is 0 Å². The number of ether oxygens (including phenoxy) is 1. The standard InChI is InChI=1S/C12H13Cl2FO/c13-10-1-2-12(15)8(6-10)5-9-7-16-4-3-11(9)14/h1-2,6,9,11H,3-5,7H2. The molecule has 0 radical (unpaired) electrons. The monoisotopic (exact) mass is 262 g/mol. The van der Waals surface area contributed by atoms with Gasteiger partial charge in [0.15, 0.2) is 0 Å². The van der Waals surface area contributed by atoms with E-state index < -0.39 is 0 Å². The molecule has 1 nitrogen and oxygen atoms in total. The van der Waals surface area contributed by atoms with E-state index in [0.29, 0.717) is 30.2 Å². The van der Waals surface area contributed by atoms with Crippen molar-refractivity contribution in [3.63, 3.8) is 0 Å². The van der Waals surface area contributed by atoms with Gasteiger partial charge in [-0.3, -0.25) is 0 Å². The Morgan fingerprint density at radius 3 is 3.00 bits per heavy atom. The molecule has 16 heavy (non-hydrogen) atoms. The molecule has 1 aromatic rings. The molecule has 1 aliphatic heterocycles. The molecule has 0 aliphatic carbocycles. The van der Waals surface area contributed by atoms with Crippen LogP contribution in [0, 0.1) is 11.7 Å². The summed E-state index contributed by atoms with van der Waals surface area (Å²) in [5, 5.41) is 0.617. The molecule has 0 aromatic heterocycles. The third-order valence-electron chi connectivity index (χ3n) is 2.87. The van der Waals surface area contributed by atoms with Gasteiger partial charge in [-0.25, -0.2) is 4.39 Å². The van der Waals surface area contributed by atoms with Gasteiger partial charge in [0, 0.05) is 22.9 Å². The Kier molecular flexibility index (Phi) is 4.06. The molecule has 4 heteroatoms. The molecule has 0 saturated carbocycles. The molecule has 0 spiro atoms. The van der Waals surface area contributed by atoms with Crippen molar-refractivity contribution in [1.82, 2.24) is 0 Å². The molecule has 88 valence electrons. The summed E-state index contributed by atoms with van der Waals surface area (Å²) in [4.78, 5) is 0. The van der Waals surface area contributed by atoms with Gasteiger partial charge in [-0.1, -0.05) is 11.6 Å². The van der Waals surface area contributed by atoms with E-state index in [1.54, 1.807) is 12.1 Å². The molecule has 0 N–H and O–H groups in total. The zero-order chi connectivity index (χ0) is 11.5. The Morgan fingerprint density at radius 1 is 1.44 bits per heavy atom. The van der Waals surface area contributed by atoms with Crippen LogP contribution in [0.5, 0.6) is 0 Å². The highest BCUT2D eigenvalue weighted by Crippen LogP contribution is 2.26. The van der Waals surface area contributed by atoms with E-state index >= 15 is 0 Å². The molecule has 1 aliphatic rings. The predicted octanol–water partition coefficient (Wildman–Crippen LogP) is 3.67. The largest absolute Gasteiger partial charge is 0.381 e. The minimum atomic E-state index is -0.223. The van der Waals surface area contributed by atoms with Crippen molar-refractivity contribution in [2.24, 2.45) is 5.92 Å². The first kappa shape index (κ1) is 12.2. The van der Waals surface area contributed by atoms with Crippen LogP contribution in [-0.4, -0.2) is 18.6 Å². The first-order valence-corrected chi connectivity index (χ1v) is 6.14. The summed E-state index contributed by atoms with van der Waals surface area (Å²) in [6.45, 7) is 1.29. The Balaban J connectivity index is 2.10. The van der Waals surface area contributed by atoms with Gasteiger partial charge < -0.3 is 4.74 Å². The third-order valence-corrected chi connectivity index (χ3v) is 3.68. The van der Waals surface area contributed by atoms with E-state index in [4.69, 9.17) is 27.9 Å². The number of benzene rings is 1. The van der Waals surface area contributed by atoms with Crippen LogP contribution in [0.1, 0.15) is 12.0 Å². The van der Waals surface area contributed by atoms with Crippen LogP contribution < -0.4 is 0 Å². The average Bonchev–Trinajstić information content (AvgIpc) is 2.27. The predicted molar refractivity (Wildman–Crippen MR) is 63.7 cm³/mol. The molecule has 0 amide bonds. The molecule has 1 saturated heterocycles. The Labute approximate surface area is 105 Å². The minimum absolute atomic E-state index is 0.0622. The fourth-order valence-electron chi connectivity index (χ4n) is 1.94. The molecule has 2 rings (SSSR count). The van der Waals surface area contributed by atoms with Crippen LogP contribution in [-0.2, 0) is 11.2 Å². The van der Waals surface area contributed by atoms with E-state index in [1.807, 2.05) is 0 Å². The van der Waals surface area contributed by atoms with Crippen LogP contribution in [0.25, 0.3) is 0 Å². The van der Waals surface area contributed by atoms with Crippen molar-refractivity contribution in [2.45, 2.75) is 18.2 Å². The van der Waals surface area contributed by atoms with E-state index in [9.17, 15) is 4.39 Å². The molecule has 2 atom stereocenters. The summed E-state index contributed by atoms with van der Waals surface area (Å²) in [5.41, 5.74) is 0.619. The highest BCUT2D eigenvalue weighted by molar-refractivity contribution is 6.30. The van der Waals surface area contributed by atoms with Gasteiger partial charge in [0.2, 0.25) is 0 Å². The van der Waals surface area contributed by atoms with Gasteiger partial charge in [-0.15, -0.1) is 11.6 Å². The van der Waals surface area contributed by atoms with Crippen molar-refractivity contribution in [3.8, 4) is 0 Å². The van der Waals surface area contributed by atoms with Crippen LogP contribution >= 0.6 is 23.2 Å². The van der Waals surface area contributed by atoms with E-state index in [0.717, 1.165) is 6.42 Å². The Hall–Kier alpha value is -0.310. The lowest BCUT2D eigenvalue weighted by atomic mass is 9.93. The maximum Gasteiger partial charge on any atom is 0.126 e. The third kappa shape index (κ3) is 2.88.